The molecule has 0 fully saturated rings. The molecule has 10 heteroatoms. The van der Waals surface area contributed by atoms with Gasteiger partial charge in [-0.05, 0) is 56.2 Å². The predicted octanol–water partition coefficient (Wildman–Crippen LogP) is 3.33. The molecule has 3 rings (SSSR count). The predicted molar refractivity (Wildman–Crippen MR) is 125 cm³/mol. The summed E-state index contributed by atoms with van der Waals surface area (Å²) in [6, 6.07) is 14.1. The topological polar surface area (TPSA) is 117 Å². The van der Waals surface area contributed by atoms with Crippen LogP contribution in [0.25, 0.3) is 0 Å². The normalized spacial score (nSPS) is 13.2. The number of aromatic nitrogens is 2. The van der Waals surface area contributed by atoms with Crippen molar-refractivity contribution in [1.29, 1.82) is 5.26 Å². The second-order valence-electron chi connectivity index (χ2n) is 7.60. The summed E-state index contributed by atoms with van der Waals surface area (Å²) >= 11 is 6.18. The van der Waals surface area contributed by atoms with Crippen molar-refractivity contribution < 1.29 is 13.2 Å². The van der Waals surface area contributed by atoms with Crippen molar-refractivity contribution in [2.75, 3.05) is 0 Å². The van der Waals surface area contributed by atoms with Crippen LogP contribution in [0.1, 0.15) is 36.3 Å². The summed E-state index contributed by atoms with van der Waals surface area (Å²) in [7, 11) is -4.11. The first-order valence-corrected chi connectivity index (χ1v) is 12.1. The maximum absolute atomic E-state index is 13.2. The second kappa shape index (κ2) is 10.6. The van der Waals surface area contributed by atoms with Crippen LogP contribution >= 0.6 is 11.6 Å². The van der Waals surface area contributed by atoms with Gasteiger partial charge in [0.15, 0.2) is 0 Å². The summed E-state index contributed by atoms with van der Waals surface area (Å²) in [5, 5.41) is 12.1. The number of amides is 1. The van der Waals surface area contributed by atoms with Gasteiger partial charge in [0.05, 0.1) is 17.3 Å². The molecule has 0 bridgehead atoms. The summed E-state index contributed by atoms with van der Waals surface area (Å²) in [4.78, 5) is 17.2. The molecule has 2 unspecified atom stereocenters. The number of carbonyl (C=O) groups is 1. The SMILES string of the molecule is Cc1cccc(Cl)c1S(=O)(=O)NC(CC(C)n1cccc1C#N)C(=O)NCc1ccccn1. The number of sulfonamides is 1. The molecule has 33 heavy (non-hydrogen) atoms. The highest BCUT2D eigenvalue weighted by molar-refractivity contribution is 7.89. The Morgan fingerprint density at radius 1 is 1.21 bits per heavy atom. The highest BCUT2D eigenvalue weighted by Crippen LogP contribution is 2.26. The maximum atomic E-state index is 13.2. The standard InChI is InChI=1S/C23H24ClN5O3S/c1-16-7-5-10-20(24)22(16)33(31,32)28-21(13-17(2)29-12-6-9-19(29)14-25)23(30)27-15-18-8-3-4-11-26-18/h3-12,17,21,28H,13,15H2,1-2H3,(H,27,30). The van der Waals surface area contributed by atoms with Crippen molar-refractivity contribution >= 4 is 27.5 Å². The first kappa shape index (κ1) is 24.5. The van der Waals surface area contributed by atoms with Gasteiger partial charge in [0.1, 0.15) is 22.7 Å². The highest BCUT2D eigenvalue weighted by Gasteiger charge is 2.30. The molecular formula is C23H24ClN5O3S. The van der Waals surface area contributed by atoms with Gasteiger partial charge in [-0.25, -0.2) is 8.42 Å². The lowest BCUT2D eigenvalue weighted by atomic mass is 10.1. The van der Waals surface area contributed by atoms with Crippen LogP contribution in [0.3, 0.4) is 0 Å². The smallest absolute Gasteiger partial charge is 0.243 e. The van der Waals surface area contributed by atoms with Crippen molar-refractivity contribution in [1.82, 2.24) is 19.6 Å². The van der Waals surface area contributed by atoms with Crippen molar-refractivity contribution in [3.8, 4) is 6.07 Å². The van der Waals surface area contributed by atoms with Crippen LogP contribution in [0.2, 0.25) is 5.02 Å². The molecule has 172 valence electrons. The van der Waals surface area contributed by atoms with Crippen molar-refractivity contribution in [2.45, 2.75) is 43.8 Å². The molecule has 8 nitrogen and oxygen atoms in total. The van der Waals surface area contributed by atoms with Gasteiger partial charge in [0.2, 0.25) is 15.9 Å². The Hall–Kier alpha value is -3.19. The Morgan fingerprint density at radius 3 is 2.67 bits per heavy atom. The minimum atomic E-state index is -4.11. The van der Waals surface area contributed by atoms with E-state index >= 15 is 0 Å². The zero-order valence-corrected chi connectivity index (χ0v) is 19.8. The minimum absolute atomic E-state index is 0.0690. The molecule has 1 aromatic carbocycles. The lowest BCUT2D eigenvalue weighted by Gasteiger charge is -2.24. The Bertz CT molecular complexity index is 1250. The molecule has 0 aliphatic heterocycles. The fourth-order valence-electron chi connectivity index (χ4n) is 3.54. The van der Waals surface area contributed by atoms with Gasteiger partial charge < -0.3 is 9.88 Å². The molecule has 0 saturated carbocycles. The van der Waals surface area contributed by atoms with E-state index in [0.29, 0.717) is 17.0 Å². The van der Waals surface area contributed by atoms with Crippen LogP contribution < -0.4 is 10.0 Å². The lowest BCUT2D eigenvalue weighted by molar-refractivity contribution is -0.123. The molecule has 2 atom stereocenters. The Balaban J connectivity index is 1.87. The number of nitrogens with zero attached hydrogens (tertiary/aromatic N) is 3. The third kappa shape index (κ3) is 5.99. The number of benzene rings is 1. The van der Waals surface area contributed by atoms with E-state index in [0.717, 1.165) is 0 Å². The van der Waals surface area contributed by atoms with Gasteiger partial charge in [-0.3, -0.25) is 9.78 Å². The summed E-state index contributed by atoms with van der Waals surface area (Å²) in [5.74, 6) is -0.508. The molecule has 2 aromatic heterocycles. The fourth-order valence-corrected chi connectivity index (χ4v) is 5.58. The molecule has 2 heterocycles. The van der Waals surface area contributed by atoms with Crippen molar-refractivity contribution in [3.63, 3.8) is 0 Å². The largest absolute Gasteiger partial charge is 0.349 e. The van der Waals surface area contributed by atoms with E-state index in [4.69, 9.17) is 11.6 Å². The monoisotopic (exact) mass is 485 g/mol. The van der Waals surface area contributed by atoms with Crippen LogP contribution in [-0.4, -0.2) is 29.9 Å². The summed E-state index contributed by atoms with van der Waals surface area (Å²) in [5.41, 5.74) is 1.52. The number of hydrogen-bond donors (Lipinski definition) is 2. The molecule has 0 spiro atoms. The summed E-state index contributed by atoms with van der Waals surface area (Å²) in [6.07, 6.45) is 3.44. The molecule has 0 saturated heterocycles. The second-order valence-corrected chi connectivity index (χ2v) is 9.65. The van der Waals surface area contributed by atoms with E-state index in [1.54, 1.807) is 66.3 Å². The average Bonchev–Trinajstić information content (AvgIpc) is 3.26. The molecular weight excluding hydrogens is 462 g/mol. The Morgan fingerprint density at radius 2 is 2.00 bits per heavy atom. The third-order valence-corrected chi connectivity index (χ3v) is 7.26. The van der Waals surface area contributed by atoms with E-state index in [2.05, 4.69) is 21.1 Å². The zero-order valence-electron chi connectivity index (χ0n) is 18.2. The summed E-state index contributed by atoms with van der Waals surface area (Å²) in [6.45, 7) is 3.59. The van der Waals surface area contributed by atoms with Gasteiger partial charge in [0, 0.05) is 18.4 Å². The van der Waals surface area contributed by atoms with Crippen molar-refractivity contribution in [3.05, 3.63) is 82.9 Å². The minimum Gasteiger partial charge on any atom is -0.349 e. The number of halogens is 1. The van der Waals surface area contributed by atoms with Gasteiger partial charge in [-0.15, -0.1) is 0 Å². The molecule has 0 aliphatic rings. The number of carbonyl (C=O) groups excluding carboxylic acids is 1. The van der Waals surface area contributed by atoms with Crippen LogP contribution in [0.15, 0.2) is 65.8 Å². The van der Waals surface area contributed by atoms with E-state index in [-0.39, 0.29) is 28.9 Å². The molecule has 0 radical (unpaired) electrons. The number of pyridine rings is 1. The van der Waals surface area contributed by atoms with Crippen LogP contribution in [-0.2, 0) is 21.4 Å². The number of rotatable bonds is 9. The highest BCUT2D eigenvalue weighted by atomic mass is 35.5. The zero-order chi connectivity index (χ0) is 24.0. The fraction of sp³-hybridized carbons (Fsp3) is 0.261. The van der Waals surface area contributed by atoms with Gasteiger partial charge in [0.25, 0.3) is 0 Å². The number of hydrogen-bond acceptors (Lipinski definition) is 5. The van der Waals surface area contributed by atoms with E-state index < -0.39 is 22.0 Å². The molecule has 1 amide bonds. The van der Waals surface area contributed by atoms with E-state index in [1.165, 1.54) is 6.07 Å². The Labute approximate surface area is 198 Å². The van der Waals surface area contributed by atoms with E-state index in [1.807, 2.05) is 6.92 Å². The third-order valence-electron chi connectivity index (χ3n) is 5.16. The molecule has 3 aromatic rings. The van der Waals surface area contributed by atoms with Crippen molar-refractivity contribution in [2.24, 2.45) is 0 Å². The van der Waals surface area contributed by atoms with Crippen LogP contribution in [0, 0.1) is 18.3 Å². The van der Waals surface area contributed by atoms with E-state index in [9.17, 15) is 18.5 Å². The quantitative estimate of drug-likeness (QED) is 0.482. The van der Waals surface area contributed by atoms with Gasteiger partial charge in [-0.1, -0.05) is 29.8 Å². The number of aryl methyl sites for hydroxylation is 1. The maximum Gasteiger partial charge on any atom is 0.243 e. The van der Waals surface area contributed by atoms with Gasteiger partial charge in [-0.2, -0.15) is 9.98 Å². The number of nitrogens with one attached hydrogen (secondary N) is 2. The average molecular weight is 486 g/mol. The first-order chi connectivity index (χ1) is 15.7. The molecule has 0 aliphatic carbocycles. The van der Waals surface area contributed by atoms with Crippen LogP contribution in [0.5, 0.6) is 0 Å². The first-order valence-electron chi connectivity index (χ1n) is 10.2. The lowest BCUT2D eigenvalue weighted by Crippen LogP contribution is -2.47. The summed E-state index contributed by atoms with van der Waals surface area (Å²) < 4.78 is 30.6. The Kier molecular flexibility index (Phi) is 7.87. The van der Waals surface area contributed by atoms with Gasteiger partial charge >= 0.3 is 0 Å². The molecule has 2 N–H and O–H groups in total. The van der Waals surface area contributed by atoms with Crippen LogP contribution in [0.4, 0.5) is 0 Å². The number of nitriles is 1.